The van der Waals surface area contributed by atoms with Gasteiger partial charge in [0.2, 0.25) is 13.6 Å². The van der Waals surface area contributed by atoms with Crippen molar-refractivity contribution in [1.29, 1.82) is 0 Å². The van der Waals surface area contributed by atoms with Crippen LogP contribution in [0.25, 0.3) is 0 Å². The molecule has 0 aliphatic heterocycles. The highest BCUT2D eigenvalue weighted by Crippen LogP contribution is 2.41. The summed E-state index contributed by atoms with van der Waals surface area (Å²) in [5.74, 6) is -1.20. The summed E-state index contributed by atoms with van der Waals surface area (Å²) < 4.78 is 30.4. The van der Waals surface area contributed by atoms with Crippen LogP contribution in [-0.2, 0) is 45.5 Å². The van der Waals surface area contributed by atoms with Crippen molar-refractivity contribution in [2.24, 2.45) is 0 Å². The van der Waals surface area contributed by atoms with Crippen molar-refractivity contribution in [3.63, 3.8) is 0 Å². The van der Waals surface area contributed by atoms with Crippen molar-refractivity contribution < 1.29 is 32.7 Å². The molecule has 0 unspecified atom stereocenters. The molecule has 2 aromatic carbocycles. The van der Waals surface area contributed by atoms with E-state index in [1.54, 1.807) is 48.5 Å². The number of rotatable bonds is 10. The summed E-state index contributed by atoms with van der Waals surface area (Å²) in [5.41, 5.74) is 8.88. The van der Waals surface area contributed by atoms with Crippen molar-refractivity contribution in [2.75, 3.05) is 13.6 Å². The monoisotopic (exact) mass is 392 g/mol. The minimum Gasteiger partial charge on any atom is -0.438 e. The standard InChI is InChI=1S/C18H19NO7P/c19-27(22,25-13-23-17(20)11-15-7-3-1-4-8-15)26-14-24-18(21)12-16-9-5-2-6-10-16/h1-10,19H,11-14H2. The third kappa shape index (κ3) is 8.61. The predicted molar refractivity (Wildman–Crippen MR) is 95.1 cm³/mol. The van der Waals surface area contributed by atoms with Gasteiger partial charge in [-0.15, -0.1) is 5.50 Å². The molecule has 1 N–H and O–H groups in total. The van der Waals surface area contributed by atoms with Gasteiger partial charge in [-0.1, -0.05) is 60.7 Å². The molecule has 2 rings (SSSR count). The lowest BCUT2D eigenvalue weighted by atomic mass is 10.2. The Bertz CT molecular complexity index is 719. The molecule has 0 spiro atoms. The van der Waals surface area contributed by atoms with Crippen molar-refractivity contribution >= 4 is 19.7 Å². The Balaban J connectivity index is 1.62. The molecule has 1 radical (unpaired) electrons. The summed E-state index contributed by atoms with van der Waals surface area (Å²) in [4.78, 5) is 23.2. The Hall–Kier alpha value is -2.51. The molecule has 0 aromatic heterocycles. The molecule has 0 atom stereocenters. The highest BCUT2D eigenvalue weighted by atomic mass is 31.2. The summed E-state index contributed by atoms with van der Waals surface area (Å²) in [5, 5.41) is 0. The first-order chi connectivity index (χ1) is 12.9. The normalized spacial score (nSPS) is 11.0. The van der Waals surface area contributed by atoms with Gasteiger partial charge in [0.25, 0.3) is 0 Å². The summed E-state index contributed by atoms with van der Waals surface area (Å²) in [6.45, 7) is -1.41. The van der Waals surface area contributed by atoms with E-state index in [2.05, 4.69) is 9.05 Å². The summed E-state index contributed by atoms with van der Waals surface area (Å²) >= 11 is 0. The van der Waals surface area contributed by atoms with Gasteiger partial charge in [0.1, 0.15) is 0 Å². The van der Waals surface area contributed by atoms with Crippen molar-refractivity contribution in [2.45, 2.75) is 12.8 Å². The van der Waals surface area contributed by atoms with E-state index in [9.17, 15) is 14.2 Å². The second kappa shape index (κ2) is 10.6. The Morgan fingerprint density at radius 3 is 1.48 bits per heavy atom. The van der Waals surface area contributed by atoms with Gasteiger partial charge in [-0.05, 0) is 11.1 Å². The summed E-state index contributed by atoms with van der Waals surface area (Å²) in [6, 6.07) is 17.8. The minimum absolute atomic E-state index is 0.0183. The number of hydrogen-bond donors (Lipinski definition) is 0. The topological polar surface area (TPSA) is 112 Å². The van der Waals surface area contributed by atoms with Gasteiger partial charge in [0.05, 0.1) is 12.8 Å². The van der Waals surface area contributed by atoms with E-state index >= 15 is 0 Å². The number of esters is 2. The first kappa shape index (κ1) is 20.8. The van der Waals surface area contributed by atoms with Gasteiger partial charge in [-0.25, -0.2) is 4.57 Å². The molecule has 143 valence electrons. The molecular weight excluding hydrogens is 373 g/mol. The maximum atomic E-state index is 11.7. The molecule has 0 bridgehead atoms. The first-order valence-corrected chi connectivity index (χ1v) is 9.52. The van der Waals surface area contributed by atoms with Gasteiger partial charge >= 0.3 is 19.7 Å². The minimum atomic E-state index is -4.27. The van der Waals surface area contributed by atoms with Crippen LogP contribution in [0.1, 0.15) is 11.1 Å². The largest absolute Gasteiger partial charge is 0.438 e. The van der Waals surface area contributed by atoms with Gasteiger partial charge in [-0.2, -0.15) is 0 Å². The number of ether oxygens (including phenoxy) is 2. The van der Waals surface area contributed by atoms with Gasteiger partial charge in [-0.3, -0.25) is 18.6 Å². The Kier molecular flexibility index (Phi) is 8.16. The van der Waals surface area contributed by atoms with Crippen LogP contribution in [0, 0.1) is 0 Å². The van der Waals surface area contributed by atoms with E-state index in [0.29, 0.717) is 0 Å². The Morgan fingerprint density at radius 2 is 1.11 bits per heavy atom. The van der Waals surface area contributed by atoms with E-state index in [1.165, 1.54) is 0 Å². The van der Waals surface area contributed by atoms with Crippen LogP contribution in [0.4, 0.5) is 0 Å². The molecular formula is C18H19NO7P. The maximum Gasteiger partial charge on any atom is 0.425 e. The highest BCUT2D eigenvalue weighted by molar-refractivity contribution is 7.50. The average Bonchev–Trinajstić information content (AvgIpc) is 2.63. The van der Waals surface area contributed by atoms with Gasteiger partial charge < -0.3 is 9.47 Å². The van der Waals surface area contributed by atoms with Crippen molar-refractivity contribution in [3.05, 3.63) is 71.8 Å². The molecule has 27 heavy (non-hydrogen) atoms. The molecule has 0 aliphatic carbocycles. The lowest BCUT2D eigenvalue weighted by Crippen LogP contribution is -2.13. The Morgan fingerprint density at radius 1 is 0.741 bits per heavy atom. The van der Waals surface area contributed by atoms with Gasteiger partial charge in [0.15, 0.2) is 0 Å². The van der Waals surface area contributed by atoms with Crippen LogP contribution in [-0.4, -0.2) is 25.5 Å². The summed E-state index contributed by atoms with van der Waals surface area (Å²) in [6.07, 6.45) is 0.0366. The first-order valence-electron chi connectivity index (χ1n) is 7.98. The van der Waals surface area contributed by atoms with Crippen LogP contribution in [0.2, 0.25) is 0 Å². The molecule has 0 saturated carbocycles. The molecule has 2 aromatic rings. The quantitative estimate of drug-likeness (QED) is 0.347. The predicted octanol–water partition coefficient (Wildman–Crippen LogP) is 2.90. The zero-order valence-corrected chi connectivity index (χ0v) is 15.3. The smallest absolute Gasteiger partial charge is 0.425 e. The lowest BCUT2D eigenvalue weighted by molar-refractivity contribution is -0.151. The molecule has 0 saturated heterocycles. The SMILES string of the molecule is [NH]P(=O)(OCOC(=O)Cc1ccccc1)OCOC(=O)Cc1ccccc1. The van der Waals surface area contributed by atoms with Crippen LogP contribution < -0.4 is 5.50 Å². The number of carbonyl (C=O) groups excluding carboxylic acids is 2. The van der Waals surface area contributed by atoms with Crippen molar-refractivity contribution in [1.82, 2.24) is 5.50 Å². The molecule has 9 heteroatoms. The third-order valence-corrected chi connectivity index (χ3v) is 4.16. The number of nitrogens with one attached hydrogen (secondary N) is 1. The fourth-order valence-corrected chi connectivity index (χ4v) is 2.44. The fraction of sp³-hybridized carbons (Fsp3) is 0.222. The number of benzene rings is 2. The molecule has 0 amide bonds. The zero-order chi connectivity index (χ0) is 19.5. The second-order valence-corrected chi connectivity index (χ2v) is 6.86. The fourth-order valence-electron chi connectivity index (χ4n) is 1.99. The lowest BCUT2D eigenvalue weighted by Gasteiger charge is -2.13. The molecule has 0 aliphatic rings. The number of carbonyl (C=O) groups is 2. The van der Waals surface area contributed by atoms with Crippen LogP contribution in [0.5, 0.6) is 0 Å². The third-order valence-electron chi connectivity index (χ3n) is 3.27. The molecule has 0 fully saturated rings. The van der Waals surface area contributed by atoms with Crippen molar-refractivity contribution in [3.8, 4) is 0 Å². The molecule has 0 heterocycles. The molecule has 8 nitrogen and oxygen atoms in total. The average molecular weight is 392 g/mol. The zero-order valence-electron chi connectivity index (χ0n) is 14.4. The second-order valence-electron chi connectivity index (χ2n) is 5.35. The van der Waals surface area contributed by atoms with E-state index in [-0.39, 0.29) is 12.8 Å². The van der Waals surface area contributed by atoms with E-state index in [0.717, 1.165) is 11.1 Å². The number of hydrogen-bond acceptors (Lipinski definition) is 7. The van der Waals surface area contributed by atoms with E-state index < -0.39 is 33.3 Å². The summed E-state index contributed by atoms with van der Waals surface area (Å²) in [7, 11) is -4.27. The van der Waals surface area contributed by atoms with Crippen LogP contribution in [0.15, 0.2) is 60.7 Å². The van der Waals surface area contributed by atoms with E-state index in [1.807, 2.05) is 12.1 Å². The van der Waals surface area contributed by atoms with Crippen LogP contribution >= 0.6 is 7.75 Å². The maximum absolute atomic E-state index is 11.7. The highest BCUT2D eigenvalue weighted by Gasteiger charge is 2.21. The van der Waals surface area contributed by atoms with Crippen LogP contribution in [0.3, 0.4) is 0 Å². The Labute approximate surface area is 156 Å². The van der Waals surface area contributed by atoms with Gasteiger partial charge in [0, 0.05) is 0 Å². The van der Waals surface area contributed by atoms with E-state index in [4.69, 9.17) is 15.0 Å².